The Kier molecular flexibility index (Phi) is 5.17. The van der Waals surface area contributed by atoms with Gasteiger partial charge in [-0.3, -0.25) is 4.79 Å². The first-order chi connectivity index (χ1) is 8.90. The zero-order valence-electron chi connectivity index (χ0n) is 11.1. The van der Waals surface area contributed by atoms with Gasteiger partial charge >= 0.3 is 5.97 Å². The van der Waals surface area contributed by atoms with Crippen molar-refractivity contribution in [1.29, 1.82) is 0 Å². The molecule has 0 aliphatic rings. The van der Waals surface area contributed by atoms with E-state index in [1.165, 1.54) is 12.1 Å². The smallest absolute Gasteiger partial charge is 0.337 e. The average Bonchev–Trinajstić information content (AvgIpc) is 2.30. The fourth-order valence-corrected chi connectivity index (χ4v) is 1.57. The van der Waals surface area contributed by atoms with Crippen molar-refractivity contribution in [2.24, 2.45) is 0 Å². The molecule has 0 saturated heterocycles. The van der Waals surface area contributed by atoms with Gasteiger partial charge in [0.05, 0.1) is 5.56 Å². The Bertz CT molecular complexity index is 472. The summed E-state index contributed by atoms with van der Waals surface area (Å²) in [5, 5.41) is 14.7. The largest absolute Gasteiger partial charge is 0.478 e. The van der Waals surface area contributed by atoms with Gasteiger partial charge in [-0.2, -0.15) is 0 Å². The lowest BCUT2D eigenvalue weighted by Gasteiger charge is -2.10. The third-order valence-corrected chi connectivity index (χ3v) is 2.41. The van der Waals surface area contributed by atoms with Gasteiger partial charge in [0.1, 0.15) is 0 Å². The molecule has 0 aliphatic heterocycles. The summed E-state index contributed by atoms with van der Waals surface area (Å²) in [6, 6.07) is 4.78. The Hall–Kier alpha value is -2.24. The number of nitrogens with one attached hydrogen (secondary N) is 2. The summed E-state index contributed by atoms with van der Waals surface area (Å²) in [4.78, 5) is 22.3. The molecule has 0 aliphatic carbocycles. The monoisotopic (exact) mass is 265 g/mol. The summed E-state index contributed by atoms with van der Waals surface area (Å²) >= 11 is 0. The Labute approximate surface area is 112 Å². The van der Waals surface area contributed by atoms with Crippen LogP contribution in [0.3, 0.4) is 0 Å². The van der Waals surface area contributed by atoms with Gasteiger partial charge in [-0.05, 0) is 32.0 Å². The van der Waals surface area contributed by atoms with Gasteiger partial charge in [-0.25, -0.2) is 4.79 Å². The zero-order chi connectivity index (χ0) is 14.4. The summed E-state index contributed by atoms with van der Waals surface area (Å²) in [7, 11) is 0. The molecule has 0 heterocycles. The number of anilines is 2. The number of hydrogen-bond donors (Lipinski definition) is 4. The van der Waals surface area contributed by atoms with Crippen LogP contribution < -0.4 is 16.4 Å². The molecule has 0 spiro atoms. The molecule has 6 heteroatoms. The number of carbonyl (C=O) groups is 2. The van der Waals surface area contributed by atoms with E-state index in [1.54, 1.807) is 6.07 Å². The van der Waals surface area contributed by atoms with Crippen molar-refractivity contribution in [3.05, 3.63) is 23.8 Å². The predicted molar refractivity (Wildman–Crippen MR) is 74.2 cm³/mol. The molecule has 1 aromatic carbocycles. The van der Waals surface area contributed by atoms with Crippen LogP contribution in [0.15, 0.2) is 18.2 Å². The first-order valence-corrected chi connectivity index (χ1v) is 6.06. The molecular formula is C13H19N3O3. The van der Waals surface area contributed by atoms with Gasteiger partial charge in [0.25, 0.3) is 0 Å². The lowest BCUT2D eigenvalue weighted by Crippen LogP contribution is -2.31. The highest BCUT2D eigenvalue weighted by molar-refractivity contribution is 5.94. The van der Waals surface area contributed by atoms with Gasteiger partial charge in [0.15, 0.2) is 0 Å². The topological polar surface area (TPSA) is 104 Å². The van der Waals surface area contributed by atoms with Crippen molar-refractivity contribution in [3.63, 3.8) is 0 Å². The summed E-state index contributed by atoms with van der Waals surface area (Å²) in [5.41, 5.74) is 6.45. The average molecular weight is 265 g/mol. The minimum atomic E-state index is -1.07. The van der Waals surface area contributed by atoms with Crippen LogP contribution in [0.2, 0.25) is 0 Å². The third-order valence-electron chi connectivity index (χ3n) is 2.41. The molecule has 0 atom stereocenters. The zero-order valence-corrected chi connectivity index (χ0v) is 11.1. The lowest BCUT2D eigenvalue weighted by molar-refractivity contribution is -0.121. The number of carboxylic acids is 1. The van der Waals surface area contributed by atoms with Crippen molar-refractivity contribution in [3.8, 4) is 0 Å². The van der Waals surface area contributed by atoms with E-state index in [9.17, 15) is 9.59 Å². The highest BCUT2D eigenvalue weighted by Crippen LogP contribution is 2.17. The highest BCUT2D eigenvalue weighted by atomic mass is 16.4. The van der Waals surface area contributed by atoms with E-state index in [1.807, 2.05) is 13.8 Å². The van der Waals surface area contributed by atoms with E-state index >= 15 is 0 Å². The van der Waals surface area contributed by atoms with Crippen LogP contribution in [0.5, 0.6) is 0 Å². The fraction of sp³-hybridized carbons (Fsp3) is 0.385. The summed E-state index contributed by atoms with van der Waals surface area (Å²) < 4.78 is 0. The third kappa shape index (κ3) is 4.87. The molecule has 5 N–H and O–H groups in total. The summed E-state index contributed by atoms with van der Waals surface area (Å²) in [6.07, 6.45) is 0.324. The minimum Gasteiger partial charge on any atom is -0.478 e. The standard InChI is InChI=1S/C13H19N3O3/c1-8(2)16-12(17)5-6-15-9-3-4-11(14)10(7-9)13(18)19/h3-4,7-8,15H,5-6,14H2,1-2H3,(H,16,17)(H,18,19). The quantitative estimate of drug-likeness (QED) is 0.580. The van der Waals surface area contributed by atoms with Crippen LogP contribution in [0.4, 0.5) is 11.4 Å². The molecule has 1 amide bonds. The Morgan fingerprint density at radius 3 is 2.63 bits per heavy atom. The minimum absolute atomic E-state index is 0.0450. The lowest BCUT2D eigenvalue weighted by atomic mass is 10.1. The number of hydrogen-bond acceptors (Lipinski definition) is 4. The Balaban J connectivity index is 2.52. The van der Waals surface area contributed by atoms with E-state index < -0.39 is 5.97 Å². The van der Waals surface area contributed by atoms with Gasteiger partial charge in [0.2, 0.25) is 5.91 Å². The number of nitrogens with two attached hydrogens (primary N) is 1. The van der Waals surface area contributed by atoms with Crippen LogP contribution in [0.25, 0.3) is 0 Å². The van der Waals surface area contributed by atoms with E-state index in [2.05, 4.69) is 10.6 Å². The van der Waals surface area contributed by atoms with E-state index in [0.717, 1.165) is 0 Å². The normalized spacial score (nSPS) is 10.3. The van der Waals surface area contributed by atoms with Crippen LogP contribution >= 0.6 is 0 Å². The molecule has 0 bridgehead atoms. The van der Waals surface area contributed by atoms with Gasteiger partial charge < -0.3 is 21.5 Å². The maximum absolute atomic E-state index is 11.4. The molecule has 104 valence electrons. The van der Waals surface area contributed by atoms with Crippen molar-refractivity contribution in [1.82, 2.24) is 5.32 Å². The number of nitrogen functional groups attached to an aromatic ring is 1. The van der Waals surface area contributed by atoms with Crippen LogP contribution in [-0.2, 0) is 4.79 Å². The maximum Gasteiger partial charge on any atom is 0.337 e. The fourth-order valence-electron chi connectivity index (χ4n) is 1.57. The van der Waals surface area contributed by atoms with Crippen LogP contribution in [0.1, 0.15) is 30.6 Å². The van der Waals surface area contributed by atoms with E-state index in [-0.39, 0.29) is 23.2 Å². The highest BCUT2D eigenvalue weighted by Gasteiger charge is 2.08. The Morgan fingerprint density at radius 2 is 2.05 bits per heavy atom. The van der Waals surface area contributed by atoms with Crippen molar-refractivity contribution >= 4 is 23.3 Å². The molecule has 0 unspecified atom stereocenters. The maximum atomic E-state index is 11.4. The summed E-state index contributed by atoms with van der Waals surface area (Å²) in [5.74, 6) is -1.12. The van der Waals surface area contributed by atoms with Crippen molar-refractivity contribution in [2.75, 3.05) is 17.6 Å². The molecule has 0 radical (unpaired) electrons. The molecule has 1 rings (SSSR count). The number of carbonyl (C=O) groups excluding carboxylic acids is 1. The molecular weight excluding hydrogens is 246 g/mol. The second-order valence-corrected chi connectivity index (χ2v) is 4.51. The number of amides is 1. The molecule has 0 fully saturated rings. The van der Waals surface area contributed by atoms with E-state index in [0.29, 0.717) is 18.7 Å². The SMILES string of the molecule is CC(C)NC(=O)CCNc1ccc(N)c(C(=O)O)c1. The second-order valence-electron chi connectivity index (χ2n) is 4.51. The number of rotatable bonds is 6. The molecule has 1 aromatic rings. The van der Waals surface area contributed by atoms with Gasteiger partial charge in [-0.1, -0.05) is 0 Å². The van der Waals surface area contributed by atoms with Crippen LogP contribution in [0, 0.1) is 0 Å². The van der Waals surface area contributed by atoms with Crippen molar-refractivity contribution in [2.45, 2.75) is 26.3 Å². The molecule has 0 aromatic heterocycles. The molecule has 0 saturated carbocycles. The number of benzene rings is 1. The number of aromatic carboxylic acids is 1. The Morgan fingerprint density at radius 1 is 1.37 bits per heavy atom. The molecule has 19 heavy (non-hydrogen) atoms. The number of carboxylic acid groups (broad SMARTS) is 1. The second kappa shape index (κ2) is 6.63. The summed E-state index contributed by atoms with van der Waals surface area (Å²) in [6.45, 7) is 4.22. The van der Waals surface area contributed by atoms with Gasteiger partial charge in [-0.15, -0.1) is 0 Å². The van der Waals surface area contributed by atoms with Crippen LogP contribution in [-0.4, -0.2) is 29.6 Å². The van der Waals surface area contributed by atoms with E-state index in [4.69, 9.17) is 10.8 Å². The van der Waals surface area contributed by atoms with Gasteiger partial charge in [0, 0.05) is 30.4 Å². The molecule has 6 nitrogen and oxygen atoms in total. The first-order valence-electron chi connectivity index (χ1n) is 6.06. The first kappa shape index (κ1) is 14.8. The predicted octanol–water partition coefficient (Wildman–Crippen LogP) is 1.29. The van der Waals surface area contributed by atoms with Crippen molar-refractivity contribution < 1.29 is 14.7 Å².